The molecule has 0 bridgehead atoms. The predicted octanol–water partition coefficient (Wildman–Crippen LogP) is 1.87. The van der Waals surface area contributed by atoms with Gasteiger partial charge in [0.05, 0.1) is 0 Å². The second-order valence-corrected chi connectivity index (χ2v) is 6.35. The first-order valence-electron chi connectivity index (χ1n) is 6.42. The lowest BCUT2D eigenvalue weighted by Gasteiger charge is -2.28. The summed E-state index contributed by atoms with van der Waals surface area (Å²) in [6, 6.07) is -0.850. The summed E-state index contributed by atoms with van der Waals surface area (Å²) in [5.41, 5.74) is 4.43. The lowest BCUT2D eigenvalue weighted by atomic mass is 9.96. The van der Waals surface area contributed by atoms with Crippen LogP contribution in [0.2, 0.25) is 0 Å². The van der Waals surface area contributed by atoms with Crippen LogP contribution < -0.4 is 11.1 Å². The van der Waals surface area contributed by atoms with Crippen LogP contribution >= 0.6 is 0 Å². The normalized spacial score (nSPS) is 13.8. The lowest BCUT2D eigenvalue weighted by Crippen LogP contribution is -2.46. The average Bonchev–Trinajstić information content (AvgIpc) is 2.12. The van der Waals surface area contributed by atoms with E-state index in [1.165, 1.54) is 0 Å². The Morgan fingerprint density at radius 1 is 1.26 bits per heavy atom. The zero-order valence-corrected chi connectivity index (χ0v) is 12.4. The number of aliphatic carboxylic acids is 1. The van der Waals surface area contributed by atoms with Gasteiger partial charge in [-0.05, 0) is 53.9 Å². The quantitative estimate of drug-likeness (QED) is 0.686. The minimum absolute atomic E-state index is 0.384. The molecule has 0 radical (unpaired) electrons. The number of amides is 1. The Hall–Kier alpha value is -1.30. The molecule has 0 aliphatic heterocycles. The summed E-state index contributed by atoms with van der Waals surface area (Å²) in [5.74, 6) is -1.00. The van der Waals surface area contributed by atoms with Crippen LogP contribution in [0.4, 0.5) is 4.79 Å². The van der Waals surface area contributed by atoms with Gasteiger partial charge in [-0.1, -0.05) is 0 Å². The number of rotatable bonds is 6. The number of hydrogen-bond acceptors (Lipinski definition) is 4. The molecule has 0 aromatic carbocycles. The topological polar surface area (TPSA) is 102 Å². The molecule has 1 atom stereocenters. The van der Waals surface area contributed by atoms with Gasteiger partial charge >= 0.3 is 12.1 Å². The summed E-state index contributed by atoms with van der Waals surface area (Å²) in [7, 11) is 0. The number of nitrogens with one attached hydrogen (secondary N) is 1. The van der Waals surface area contributed by atoms with Gasteiger partial charge in [-0.2, -0.15) is 0 Å². The van der Waals surface area contributed by atoms with E-state index in [1.54, 1.807) is 20.8 Å². The number of nitrogens with two attached hydrogens (primary N) is 1. The van der Waals surface area contributed by atoms with Gasteiger partial charge in [0.1, 0.15) is 11.6 Å². The monoisotopic (exact) mass is 274 g/mol. The number of carboxylic acids is 1. The van der Waals surface area contributed by atoms with Gasteiger partial charge in [0.25, 0.3) is 0 Å². The van der Waals surface area contributed by atoms with Crippen LogP contribution in [0, 0.1) is 0 Å². The van der Waals surface area contributed by atoms with Crippen LogP contribution in [0.25, 0.3) is 0 Å². The first kappa shape index (κ1) is 17.7. The van der Waals surface area contributed by atoms with E-state index in [4.69, 9.17) is 15.6 Å². The lowest BCUT2D eigenvalue weighted by molar-refractivity contribution is -0.138. The Morgan fingerprint density at radius 2 is 1.79 bits per heavy atom. The highest BCUT2D eigenvalue weighted by Gasteiger charge is 2.24. The molecule has 0 aliphatic carbocycles. The second-order valence-electron chi connectivity index (χ2n) is 6.35. The fourth-order valence-corrected chi connectivity index (χ4v) is 1.53. The van der Waals surface area contributed by atoms with E-state index in [9.17, 15) is 9.59 Å². The van der Waals surface area contributed by atoms with Gasteiger partial charge in [0, 0.05) is 5.54 Å². The third-order valence-corrected chi connectivity index (χ3v) is 2.47. The van der Waals surface area contributed by atoms with Crippen molar-refractivity contribution in [3.05, 3.63) is 0 Å². The van der Waals surface area contributed by atoms with E-state index >= 15 is 0 Å². The van der Waals surface area contributed by atoms with Crippen molar-refractivity contribution in [2.45, 2.75) is 71.1 Å². The van der Waals surface area contributed by atoms with Crippen LogP contribution in [-0.2, 0) is 9.53 Å². The minimum atomic E-state index is -1.00. The third kappa shape index (κ3) is 9.30. The number of ether oxygens (including phenoxy) is 1. The fourth-order valence-electron chi connectivity index (χ4n) is 1.53. The highest BCUT2D eigenvalue weighted by molar-refractivity contribution is 5.73. The molecule has 1 amide bonds. The molecule has 0 unspecified atom stereocenters. The van der Waals surface area contributed by atoms with Gasteiger partial charge in [-0.15, -0.1) is 0 Å². The van der Waals surface area contributed by atoms with Crippen molar-refractivity contribution in [3.8, 4) is 0 Å². The number of alkyl carbamates (subject to hydrolysis) is 1. The Balaban J connectivity index is 4.11. The number of hydrogen-bond donors (Lipinski definition) is 3. The molecule has 0 rings (SSSR count). The zero-order valence-electron chi connectivity index (χ0n) is 12.4. The van der Waals surface area contributed by atoms with Crippen molar-refractivity contribution >= 4 is 12.1 Å². The molecule has 19 heavy (non-hydrogen) atoms. The van der Waals surface area contributed by atoms with Crippen LogP contribution in [0.3, 0.4) is 0 Å². The number of carbonyl (C=O) groups is 2. The van der Waals surface area contributed by atoms with Crippen molar-refractivity contribution in [2.24, 2.45) is 5.73 Å². The largest absolute Gasteiger partial charge is 0.480 e. The molecule has 6 nitrogen and oxygen atoms in total. The van der Waals surface area contributed by atoms with Crippen LogP contribution in [0.5, 0.6) is 0 Å². The van der Waals surface area contributed by atoms with E-state index in [2.05, 4.69) is 5.32 Å². The molecule has 6 heteroatoms. The number of carbonyl (C=O) groups excluding carboxylic acids is 1. The van der Waals surface area contributed by atoms with Gasteiger partial charge in [-0.25, -0.2) is 4.79 Å². The summed E-state index contributed by atoms with van der Waals surface area (Å²) in [6.45, 7) is 9.12. The summed E-state index contributed by atoms with van der Waals surface area (Å²) in [6.07, 6.45) is 1.16. The SMILES string of the molecule is CC(C)(CCC[C@H](N)C(=O)O)NC(=O)OC(C)(C)C. The molecule has 0 spiro atoms. The van der Waals surface area contributed by atoms with Gasteiger partial charge in [0.15, 0.2) is 0 Å². The molecule has 0 aromatic heterocycles. The molecule has 0 aliphatic rings. The van der Waals surface area contributed by atoms with Crippen molar-refractivity contribution in [2.75, 3.05) is 0 Å². The molecule has 4 N–H and O–H groups in total. The Kier molecular flexibility index (Phi) is 6.29. The molecule has 112 valence electrons. The standard InChI is InChI=1S/C13H26N2O4/c1-12(2,3)19-11(18)15-13(4,5)8-6-7-9(14)10(16)17/h9H,6-8,14H2,1-5H3,(H,15,18)(H,16,17)/t9-/m0/s1. The van der Waals surface area contributed by atoms with Crippen molar-refractivity contribution < 1.29 is 19.4 Å². The highest BCUT2D eigenvalue weighted by atomic mass is 16.6. The molecule has 0 heterocycles. The maximum Gasteiger partial charge on any atom is 0.408 e. The molecule has 0 saturated carbocycles. The Bertz CT molecular complexity index is 321. The summed E-state index contributed by atoms with van der Waals surface area (Å²) < 4.78 is 5.17. The van der Waals surface area contributed by atoms with Crippen LogP contribution in [0.15, 0.2) is 0 Å². The van der Waals surface area contributed by atoms with Gasteiger partial charge in [-0.3, -0.25) is 4.79 Å². The van der Waals surface area contributed by atoms with E-state index in [-0.39, 0.29) is 0 Å². The summed E-state index contributed by atoms with van der Waals surface area (Å²) >= 11 is 0. The van der Waals surface area contributed by atoms with Crippen molar-refractivity contribution in [3.63, 3.8) is 0 Å². The van der Waals surface area contributed by atoms with Crippen molar-refractivity contribution in [1.82, 2.24) is 5.32 Å². The molecular formula is C13H26N2O4. The van der Waals surface area contributed by atoms with E-state index < -0.39 is 29.2 Å². The van der Waals surface area contributed by atoms with Gasteiger partial charge < -0.3 is 20.9 Å². The Morgan fingerprint density at radius 3 is 2.21 bits per heavy atom. The maximum atomic E-state index is 11.6. The second kappa shape index (κ2) is 6.75. The molecule has 0 saturated heterocycles. The van der Waals surface area contributed by atoms with Crippen molar-refractivity contribution in [1.29, 1.82) is 0 Å². The molecule has 0 fully saturated rings. The first-order chi connectivity index (χ1) is 8.43. The average molecular weight is 274 g/mol. The predicted molar refractivity (Wildman–Crippen MR) is 72.9 cm³/mol. The minimum Gasteiger partial charge on any atom is -0.480 e. The van der Waals surface area contributed by atoms with E-state index in [0.717, 1.165) is 0 Å². The zero-order chi connectivity index (χ0) is 15.3. The fraction of sp³-hybridized carbons (Fsp3) is 0.846. The highest BCUT2D eigenvalue weighted by Crippen LogP contribution is 2.15. The molecular weight excluding hydrogens is 248 g/mol. The first-order valence-corrected chi connectivity index (χ1v) is 6.42. The summed E-state index contributed by atoms with van der Waals surface area (Å²) in [5, 5.41) is 11.4. The summed E-state index contributed by atoms with van der Waals surface area (Å²) in [4.78, 5) is 22.2. The van der Waals surface area contributed by atoms with Gasteiger partial charge in [0.2, 0.25) is 0 Å². The maximum absolute atomic E-state index is 11.6. The third-order valence-electron chi connectivity index (χ3n) is 2.47. The number of carboxylic acid groups (broad SMARTS) is 1. The van der Waals surface area contributed by atoms with Crippen LogP contribution in [-0.4, -0.2) is 34.4 Å². The molecule has 0 aromatic rings. The smallest absolute Gasteiger partial charge is 0.408 e. The Labute approximate surface area is 114 Å². The van der Waals surface area contributed by atoms with E-state index in [0.29, 0.717) is 19.3 Å². The van der Waals surface area contributed by atoms with E-state index in [1.807, 2.05) is 13.8 Å². The van der Waals surface area contributed by atoms with Crippen LogP contribution in [0.1, 0.15) is 53.9 Å².